The van der Waals surface area contributed by atoms with Crippen molar-refractivity contribution < 1.29 is 0 Å². The summed E-state index contributed by atoms with van der Waals surface area (Å²) >= 11 is 1.87. The summed E-state index contributed by atoms with van der Waals surface area (Å²) in [6, 6.07) is 5.01. The van der Waals surface area contributed by atoms with Gasteiger partial charge in [0.2, 0.25) is 0 Å². The first-order valence-electron chi connectivity index (χ1n) is 4.62. The van der Waals surface area contributed by atoms with Gasteiger partial charge in [0.15, 0.2) is 0 Å². The molecule has 66 valence electrons. The van der Waals surface area contributed by atoms with Crippen molar-refractivity contribution in [3.8, 4) is 0 Å². The van der Waals surface area contributed by atoms with E-state index in [2.05, 4.69) is 29.9 Å². The maximum absolute atomic E-state index is 3.42. The molecule has 1 saturated carbocycles. The molecule has 0 amide bonds. The summed E-state index contributed by atoms with van der Waals surface area (Å²) in [4.78, 5) is 1.50. The van der Waals surface area contributed by atoms with E-state index in [1.54, 1.807) is 0 Å². The minimum atomic E-state index is 0.624. The van der Waals surface area contributed by atoms with Crippen LogP contribution >= 0.6 is 11.3 Å². The number of thiophene rings is 1. The lowest BCUT2D eigenvalue weighted by atomic mass is 9.79. The monoisotopic (exact) mass is 181 g/mol. The molecule has 1 aromatic heterocycles. The van der Waals surface area contributed by atoms with Crippen LogP contribution in [-0.4, -0.2) is 7.05 Å². The molecule has 1 fully saturated rings. The summed E-state index contributed by atoms with van der Waals surface area (Å²) in [6.45, 7) is 0. The molecule has 1 aliphatic carbocycles. The van der Waals surface area contributed by atoms with Crippen molar-refractivity contribution in [3.63, 3.8) is 0 Å². The first kappa shape index (κ1) is 8.27. The standard InChI is InChI=1S/C10H15NS/c1-11-10(8-4-2-5-8)9-6-3-7-12-9/h3,6-8,10-11H,2,4-5H2,1H3. The Labute approximate surface area is 77.8 Å². The van der Waals surface area contributed by atoms with Gasteiger partial charge in [-0.2, -0.15) is 0 Å². The second-order valence-corrected chi connectivity index (χ2v) is 4.45. The van der Waals surface area contributed by atoms with Crippen LogP contribution in [0, 0.1) is 5.92 Å². The number of hydrogen-bond donors (Lipinski definition) is 1. The van der Waals surface area contributed by atoms with E-state index in [1.807, 2.05) is 11.3 Å². The van der Waals surface area contributed by atoms with E-state index in [0.29, 0.717) is 6.04 Å². The third-order valence-corrected chi connectivity index (χ3v) is 3.74. The van der Waals surface area contributed by atoms with Gasteiger partial charge >= 0.3 is 0 Å². The van der Waals surface area contributed by atoms with E-state index in [1.165, 1.54) is 24.1 Å². The minimum Gasteiger partial charge on any atom is -0.312 e. The molecule has 0 bridgehead atoms. The van der Waals surface area contributed by atoms with E-state index in [4.69, 9.17) is 0 Å². The third kappa shape index (κ3) is 1.41. The van der Waals surface area contributed by atoms with E-state index in [-0.39, 0.29) is 0 Å². The van der Waals surface area contributed by atoms with Crippen LogP contribution < -0.4 is 5.32 Å². The molecule has 0 radical (unpaired) electrons. The van der Waals surface area contributed by atoms with Crippen LogP contribution in [0.4, 0.5) is 0 Å². The fourth-order valence-electron chi connectivity index (χ4n) is 1.85. The van der Waals surface area contributed by atoms with Crippen molar-refractivity contribution in [3.05, 3.63) is 22.4 Å². The van der Waals surface area contributed by atoms with Gasteiger partial charge in [0.1, 0.15) is 0 Å². The lowest BCUT2D eigenvalue weighted by Crippen LogP contribution is -2.28. The van der Waals surface area contributed by atoms with E-state index >= 15 is 0 Å². The minimum absolute atomic E-state index is 0.624. The second kappa shape index (κ2) is 3.58. The van der Waals surface area contributed by atoms with Crippen molar-refractivity contribution in [2.75, 3.05) is 7.05 Å². The number of nitrogens with one attached hydrogen (secondary N) is 1. The van der Waals surface area contributed by atoms with E-state index < -0.39 is 0 Å². The molecule has 0 saturated heterocycles. The Balaban J connectivity index is 2.07. The van der Waals surface area contributed by atoms with Crippen molar-refractivity contribution in [2.45, 2.75) is 25.3 Å². The Bertz CT molecular complexity index is 226. The Morgan fingerprint density at radius 1 is 1.58 bits per heavy atom. The first-order valence-corrected chi connectivity index (χ1v) is 5.50. The molecule has 0 spiro atoms. The normalized spacial score (nSPS) is 20.4. The van der Waals surface area contributed by atoms with Crippen molar-refractivity contribution >= 4 is 11.3 Å². The fraction of sp³-hybridized carbons (Fsp3) is 0.600. The summed E-state index contributed by atoms with van der Waals surface area (Å²) in [5.41, 5.74) is 0. The molecular formula is C10H15NS. The molecular weight excluding hydrogens is 166 g/mol. The van der Waals surface area contributed by atoms with Gasteiger partial charge in [-0.1, -0.05) is 12.5 Å². The second-order valence-electron chi connectivity index (χ2n) is 3.47. The third-order valence-electron chi connectivity index (χ3n) is 2.78. The molecule has 1 unspecified atom stereocenters. The molecule has 1 N–H and O–H groups in total. The highest BCUT2D eigenvalue weighted by molar-refractivity contribution is 7.10. The van der Waals surface area contributed by atoms with Crippen molar-refractivity contribution in [2.24, 2.45) is 5.92 Å². The molecule has 1 aliphatic rings. The molecule has 2 rings (SSSR count). The average Bonchev–Trinajstić information content (AvgIpc) is 2.47. The molecule has 0 aliphatic heterocycles. The predicted octanol–water partition coefficient (Wildman–Crippen LogP) is 2.81. The van der Waals surface area contributed by atoms with Crippen molar-refractivity contribution in [1.82, 2.24) is 5.32 Å². The lowest BCUT2D eigenvalue weighted by molar-refractivity contribution is 0.242. The van der Waals surface area contributed by atoms with Crippen LogP contribution in [-0.2, 0) is 0 Å². The zero-order valence-corrected chi connectivity index (χ0v) is 8.23. The van der Waals surface area contributed by atoms with Crippen LogP contribution in [0.25, 0.3) is 0 Å². The summed E-state index contributed by atoms with van der Waals surface area (Å²) in [6.07, 6.45) is 4.24. The van der Waals surface area contributed by atoms with E-state index in [9.17, 15) is 0 Å². The average molecular weight is 181 g/mol. The lowest BCUT2D eigenvalue weighted by Gasteiger charge is -2.32. The SMILES string of the molecule is CNC(c1cccs1)C1CCC1. The largest absolute Gasteiger partial charge is 0.312 e. The van der Waals surface area contributed by atoms with Gasteiger partial charge in [-0.05, 0) is 37.3 Å². The molecule has 12 heavy (non-hydrogen) atoms. The van der Waals surface area contributed by atoms with Crippen molar-refractivity contribution in [1.29, 1.82) is 0 Å². The molecule has 2 heteroatoms. The summed E-state index contributed by atoms with van der Waals surface area (Å²) in [5.74, 6) is 0.897. The highest BCUT2D eigenvalue weighted by Crippen LogP contribution is 2.38. The zero-order chi connectivity index (χ0) is 8.39. The maximum atomic E-state index is 3.42. The van der Waals surface area contributed by atoms with Crippen LogP contribution in [0.3, 0.4) is 0 Å². The Morgan fingerprint density at radius 2 is 2.42 bits per heavy atom. The van der Waals surface area contributed by atoms with Crippen LogP contribution in [0.1, 0.15) is 30.2 Å². The van der Waals surface area contributed by atoms with Crippen LogP contribution in [0.15, 0.2) is 17.5 Å². The molecule has 0 aromatic carbocycles. The smallest absolute Gasteiger partial charge is 0.0440 e. The predicted molar refractivity (Wildman–Crippen MR) is 53.5 cm³/mol. The Hall–Kier alpha value is -0.340. The zero-order valence-electron chi connectivity index (χ0n) is 7.42. The fourth-order valence-corrected chi connectivity index (χ4v) is 2.78. The topological polar surface area (TPSA) is 12.0 Å². The highest BCUT2D eigenvalue weighted by atomic mass is 32.1. The number of hydrogen-bond acceptors (Lipinski definition) is 2. The summed E-state index contributed by atoms with van der Waals surface area (Å²) < 4.78 is 0. The van der Waals surface area contributed by atoms with Gasteiger partial charge in [0, 0.05) is 10.9 Å². The van der Waals surface area contributed by atoms with Gasteiger partial charge in [-0.3, -0.25) is 0 Å². The Morgan fingerprint density at radius 3 is 2.83 bits per heavy atom. The van der Waals surface area contributed by atoms with Gasteiger partial charge in [0.05, 0.1) is 0 Å². The van der Waals surface area contributed by atoms with Crippen LogP contribution in [0.2, 0.25) is 0 Å². The maximum Gasteiger partial charge on any atom is 0.0440 e. The molecule has 1 heterocycles. The highest BCUT2D eigenvalue weighted by Gasteiger charge is 2.27. The van der Waals surface area contributed by atoms with E-state index in [0.717, 1.165) is 5.92 Å². The summed E-state index contributed by atoms with van der Waals surface area (Å²) in [7, 11) is 2.07. The van der Waals surface area contributed by atoms with Gasteiger partial charge in [0.25, 0.3) is 0 Å². The van der Waals surface area contributed by atoms with Gasteiger partial charge in [-0.25, -0.2) is 0 Å². The first-order chi connectivity index (χ1) is 5.92. The number of rotatable bonds is 3. The van der Waals surface area contributed by atoms with Crippen LogP contribution in [0.5, 0.6) is 0 Å². The van der Waals surface area contributed by atoms with Gasteiger partial charge < -0.3 is 5.32 Å². The molecule has 1 atom stereocenters. The quantitative estimate of drug-likeness (QED) is 0.756. The molecule has 1 aromatic rings. The van der Waals surface area contributed by atoms with Gasteiger partial charge in [-0.15, -0.1) is 11.3 Å². The summed E-state index contributed by atoms with van der Waals surface area (Å²) in [5, 5.41) is 5.58. The Kier molecular flexibility index (Phi) is 2.47. The molecule has 1 nitrogen and oxygen atoms in total.